The molecule has 0 bridgehead atoms. The van der Waals surface area contributed by atoms with Crippen molar-refractivity contribution in [1.82, 2.24) is 5.32 Å². The van der Waals surface area contributed by atoms with Crippen molar-refractivity contribution in [3.05, 3.63) is 29.8 Å². The van der Waals surface area contributed by atoms with Gasteiger partial charge in [-0.05, 0) is 24.3 Å². The van der Waals surface area contributed by atoms with E-state index in [2.05, 4.69) is 5.32 Å². The molecule has 0 heterocycles. The molecule has 0 spiro atoms. The maximum absolute atomic E-state index is 11.6. The van der Waals surface area contributed by atoms with Crippen LogP contribution in [0.2, 0.25) is 0 Å². The number of hydrogen-bond donors (Lipinski definition) is 2. The number of nitrogens with one attached hydrogen (secondary N) is 1. The monoisotopic (exact) mass is 224 g/mol. The predicted octanol–water partition coefficient (Wildman–Crippen LogP) is 0.617. The summed E-state index contributed by atoms with van der Waals surface area (Å²) in [5.74, 6) is -0.181. The van der Waals surface area contributed by atoms with Crippen molar-refractivity contribution in [2.45, 2.75) is 6.29 Å². The standard InChI is InChI=1S/C11H16N2O3/c1-15-10(16-2)7-13-11(14)8-3-5-9(12)6-4-8/h3-6,10H,7,12H2,1-2H3,(H,13,14). The second kappa shape index (κ2) is 6.09. The lowest BCUT2D eigenvalue weighted by Crippen LogP contribution is -2.34. The van der Waals surface area contributed by atoms with Gasteiger partial charge in [-0.15, -0.1) is 0 Å². The minimum atomic E-state index is -0.433. The Morgan fingerprint density at radius 1 is 1.31 bits per heavy atom. The minimum Gasteiger partial charge on any atom is -0.399 e. The SMILES string of the molecule is COC(CNC(=O)c1ccc(N)cc1)OC. The van der Waals surface area contributed by atoms with Gasteiger partial charge in [0.25, 0.3) is 5.91 Å². The van der Waals surface area contributed by atoms with Crippen molar-refractivity contribution >= 4 is 11.6 Å². The van der Waals surface area contributed by atoms with Crippen molar-refractivity contribution < 1.29 is 14.3 Å². The smallest absolute Gasteiger partial charge is 0.251 e. The predicted molar refractivity (Wildman–Crippen MR) is 61.0 cm³/mol. The molecule has 0 aliphatic rings. The topological polar surface area (TPSA) is 73.6 Å². The third kappa shape index (κ3) is 3.52. The van der Waals surface area contributed by atoms with E-state index in [-0.39, 0.29) is 5.91 Å². The highest BCUT2D eigenvalue weighted by atomic mass is 16.7. The molecule has 16 heavy (non-hydrogen) atoms. The Labute approximate surface area is 94.5 Å². The molecule has 0 saturated heterocycles. The van der Waals surface area contributed by atoms with Crippen LogP contribution < -0.4 is 11.1 Å². The molecule has 1 amide bonds. The zero-order valence-electron chi connectivity index (χ0n) is 9.40. The number of nitrogens with two attached hydrogens (primary N) is 1. The molecule has 1 aromatic carbocycles. The fourth-order valence-corrected chi connectivity index (χ4v) is 1.18. The largest absolute Gasteiger partial charge is 0.399 e. The van der Waals surface area contributed by atoms with Crippen molar-refractivity contribution in [1.29, 1.82) is 0 Å². The van der Waals surface area contributed by atoms with E-state index in [9.17, 15) is 4.79 Å². The number of hydrogen-bond acceptors (Lipinski definition) is 4. The normalized spacial score (nSPS) is 10.4. The summed E-state index contributed by atoms with van der Waals surface area (Å²) in [5, 5.41) is 2.69. The molecule has 5 nitrogen and oxygen atoms in total. The van der Waals surface area contributed by atoms with Gasteiger partial charge in [-0.3, -0.25) is 4.79 Å². The Kier molecular flexibility index (Phi) is 4.75. The zero-order chi connectivity index (χ0) is 12.0. The molecule has 0 aliphatic carbocycles. The molecule has 0 aromatic heterocycles. The van der Waals surface area contributed by atoms with Crippen LogP contribution >= 0.6 is 0 Å². The Balaban J connectivity index is 2.49. The molecule has 1 aromatic rings. The average Bonchev–Trinajstić information content (AvgIpc) is 2.31. The van der Waals surface area contributed by atoms with Crippen LogP contribution in [0.5, 0.6) is 0 Å². The highest BCUT2D eigenvalue weighted by Gasteiger charge is 2.09. The number of nitrogen functional groups attached to an aromatic ring is 1. The van der Waals surface area contributed by atoms with Crippen LogP contribution in [0, 0.1) is 0 Å². The van der Waals surface area contributed by atoms with E-state index in [1.165, 1.54) is 14.2 Å². The van der Waals surface area contributed by atoms with Crippen molar-refractivity contribution in [2.24, 2.45) is 0 Å². The lowest BCUT2D eigenvalue weighted by Gasteiger charge is -2.13. The molecule has 0 aliphatic heterocycles. The summed E-state index contributed by atoms with van der Waals surface area (Å²) in [6.45, 7) is 0.302. The maximum atomic E-state index is 11.6. The van der Waals surface area contributed by atoms with E-state index in [1.54, 1.807) is 24.3 Å². The van der Waals surface area contributed by atoms with E-state index in [4.69, 9.17) is 15.2 Å². The maximum Gasteiger partial charge on any atom is 0.251 e. The van der Waals surface area contributed by atoms with E-state index in [0.29, 0.717) is 17.8 Å². The number of carbonyl (C=O) groups excluding carboxylic acids is 1. The van der Waals surface area contributed by atoms with Crippen LogP contribution in [0.25, 0.3) is 0 Å². The molecule has 5 heteroatoms. The van der Waals surface area contributed by atoms with Crippen molar-refractivity contribution in [3.63, 3.8) is 0 Å². The quantitative estimate of drug-likeness (QED) is 0.568. The van der Waals surface area contributed by atoms with E-state index in [1.807, 2.05) is 0 Å². The minimum absolute atomic E-state index is 0.181. The lowest BCUT2D eigenvalue weighted by molar-refractivity contribution is -0.0974. The number of carbonyl (C=O) groups is 1. The second-order valence-electron chi connectivity index (χ2n) is 3.23. The van der Waals surface area contributed by atoms with Crippen molar-refractivity contribution in [3.8, 4) is 0 Å². The second-order valence-corrected chi connectivity index (χ2v) is 3.23. The summed E-state index contributed by atoms with van der Waals surface area (Å²) >= 11 is 0. The Morgan fingerprint density at radius 2 is 1.88 bits per heavy atom. The summed E-state index contributed by atoms with van der Waals surface area (Å²) in [4.78, 5) is 11.6. The first-order valence-corrected chi connectivity index (χ1v) is 4.86. The fourth-order valence-electron chi connectivity index (χ4n) is 1.18. The third-order valence-electron chi connectivity index (χ3n) is 2.13. The fraction of sp³-hybridized carbons (Fsp3) is 0.364. The summed E-state index contributed by atoms with van der Waals surface area (Å²) in [6, 6.07) is 6.69. The van der Waals surface area contributed by atoms with Gasteiger partial charge in [0.15, 0.2) is 6.29 Å². The van der Waals surface area contributed by atoms with Crippen LogP contribution in [0.3, 0.4) is 0 Å². The number of amides is 1. The van der Waals surface area contributed by atoms with E-state index in [0.717, 1.165) is 0 Å². The Hall–Kier alpha value is -1.59. The van der Waals surface area contributed by atoms with Crippen LogP contribution in [0.15, 0.2) is 24.3 Å². The summed E-state index contributed by atoms with van der Waals surface area (Å²) in [6.07, 6.45) is -0.433. The van der Waals surface area contributed by atoms with Crippen LogP contribution in [0.1, 0.15) is 10.4 Å². The molecule has 0 radical (unpaired) electrons. The van der Waals surface area contributed by atoms with Gasteiger partial charge in [-0.25, -0.2) is 0 Å². The number of rotatable bonds is 5. The molecular weight excluding hydrogens is 208 g/mol. The van der Waals surface area contributed by atoms with Gasteiger partial charge in [-0.2, -0.15) is 0 Å². The first-order chi connectivity index (χ1) is 7.67. The highest BCUT2D eigenvalue weighted by Crippen LogP contribution is 2.05. The Morgan fingerprint density at radius 3 is 2.38 bits per heavy atom. The molecule has 1 rings (SSSR count). The van der Waals surface area contributed by atoms with Gasteiger partial charge in [0.05, 0.1) is 6.54 Å². The van der Waals surface area contributed by atoms with E-state index >= 15 is 0 Å². The highest BCUT2D eigenvalue weighted by molar-refractivity contribution is 5.94. The third-order valence-corrected chi connectivity index (χ3v) is 2.13. The van der Waals surface area contributed by atoms with Gasteiger partial charge in [0.1, 0.15) is 0 Å². The molecular formula is C11H16N2O3. The average molecular weight is 224 g/mol. The summed E-state index contributed by atoms with van der Waals surface area (Å²) in [7, 11) is 3.03. The summed E-state index contributed by atoms with van der Waals surface area (Å²) in [5.41, 5.74) is 6.70. The lowest BCUT2D eigenvalue weighted by atomic mass is 10.2. The van der Waals surface area contributed by atoms with Crippen LogP contribution in [-0.2, 0) is 9.47 Å². The van der Waals surface area contributed by atoms with Crippen LogP contribution in [0.4, 0.5) is 5.69 Å². The number of benzene rings is 1. The number of ether oxygens (including phenoxy) is 2. The molecule has 88 valence electrons. The van der Waals surface area contributed by atoms with Gasteiger partial charge < -0.3 is 20.5 Å². The zero-order valence-corrected chi connectivity index (χ0v) is 9.40. The molecule has 0 unspecified atom stereocenters. The number of anilines is 1. The first-order valence-electron chi connectivity index (χ1n) is 4.86. The molecule has 0 fully saturated rings. The molecule has 0 atom stereocenters. The number of methoxy groups -OCH3 is 2. The van der Waals surface area contributed by atoms with Gasteiger partial charge in [0.2, 0.25) is 0 Å². The first kappa shape index (κ1) is 12.5. The van der Waals surface area contributed by atoms with Gasteiger partial charge >= 0.3 is 0 Å². The van der Waals surface area contributed by atoms with Gasteiger partial charge in [-0.1, -0.05) is 0 Å². The van der Waals surface area contributed by atoms with Crippen LogP contribution in [-0.4, -0.2) is 33.0 Å². The van der Waals surface area contributed by atoms with Crippen molar-refractivity contribution in [2.75, 3.05) is 26.5 Å². The van der Waals surface area contributed by atoms with Gasteiger partial charge in [0, 0.05) is 25.5 Å². The Bertz CT molecular complexity index is 334. The van der Waals surface area contributed by atoms with E-state index < -0.39 is 6.29 Å². The summed E-state index contributed by atoms with van der Waals surface area (Å²) < 4.78 is 9.90. The molecule has 0 saturated carbocycles. The molecule has 3 N–H and O–H groups in total.